The molecule has 0 spiro atoms. The molecule has 80 valence electrons. The molecule has 0 bridgehead atoms. The zero-order valence-electron chi connectivity index (χ0n) is 7.71. The minimum absolute atomic E-state index is 0. The van der Waals surface area contributed by atoms with Gasteiger partial charge < -0.3 is 5.73 Å². The van der Waals surface area contributed by atoms with E-state index in [1.165, 1.54) is 0 Å². The van der Waals surface area contributed by atoms with E-state index in [1.54, 1.807) is 11.3 Å². The van der Waals surface area contributed by atoms with E-state index in [1.807, 2.05) is 22.2 Å². The molecule has 2 heterocycles. The van der Waals surface area contributed by atoms with Gasteiger partial charge in [-0.15, -0.1) is 36.2 Å². The van der Waals surface area contributed by atoms with E-state index in [0.29, 0.717) is 0 Å². The third kappa shape index (κ3) is 2.39. The molecule has 2 rings (SSSR count). The molecule has 1 unspecified atom stereocenters. The number of rotatable bonds is 2. The van der Waals surface area contributed by atoms with Gasteiger partial charge in [-0.1, -0.05) is 6.92 Å². The van der Waals surface area contributed by atoms with Crippen molar-refractivity contribution in [2.45, 2.75) is 19.4 Å². The molecule has 0 radical (unpaired) electrons. The summed E-state index contributed by atoms with van der Waals surface area (Å²) in [5, 5.41) is 2.02. The predicted molar refractivity (Wildman–Crippen MR) is 64.8 cm³/mol. The summed E-state index contributed by atoms with van der Waals surface area (Å²) in [5.41, 5.74) is 6.84. The maximum absolute atomic E-state index is 5.85. The molecule has 2 aromatic heterocycles. The Morgan fingerprint density at radius 1 is 1.57 bits per heavy atom. The summed E-state index contributed by atoms with van der Waals surface area (Å²) in [4.78, 5) is 5.42. The first kappa shape index (κ1) is 13.7. The van der Waals surface area contributed by atoms with Crippen molar-refractivity contribution in [3.8, 4) is 0 Å². The first-order chi connectivity index (χ1) is 5.81. The molecule has 6 heteroatoms. The van der Waals surface area contributed by atoms with Crippen molar-refractivity contribution in [1.82, 2.24) is 9.38 Å². The van der Waals surface area contributed by atoms with Gasteiger partial charge in [0.1, 0.15) is 0 Å². The van der Waals surface area contributed by atoms with Gasteiger partial charge in [0.25, 0.3) is 0 Å². The van der Waals surface area contributed by atoms with Crippen molar-refractivity contribution in [2.75, 3.05) is 0 Å². The van der Waals surface area contributed by atoms with Crippen LogP contribution in [-0.4, -0.2) is 9.38 Å². The second kappa shape index (κ2) is 5.56. The summed E-state index contributed by atoms with van der Waals surface area (Å²) in [5.74, 6) is 0. The average Bonchev–Trinajstić information content (AvgIpc) is 2.60. The molecule has 0 aliphatic rings. The second-order valence-electron chi connectivity index (χ2n) is 2.77. The quantitative estimate of drug-likeness (QED) is 0.895. The highest BCUT2D eigenvalue weighted by Gasteiger charge is 2.08. The van der Waals surface area contributed by atoms with Crippen molar-refractivity contribution in [2.24, 2.45) is 5.73 Å². The number of halogens is 2. The Balaban J connectivity index is 0.000000845. The number of hydrogen-bond acceptors (Lipinski definition) is 3. The minimum atomic E-state index is 0. The number of imidazole rings is 1. The number of thiazole rings is 1. The zero-order chi connectivity index (χ0) is 8.55. The number of aromatic nitrogens is 2. The Bertz CT molecular complexity index is 356. The topological polar surface area (TPSA) is 43.3 Å². The highest BCUT2D eigenvalue weighted by atomic mass is 35.5. The first-order valence-corrected chi connectivity index (χ1v) is 4.87. The van der Waals surface area contributed by atoms with E-state index in [0.717, 1.165) is 17.1 Å². The summed E-state index contributed by atoms with van der Waals surface area (Å²) in [6.07, 6.45) is 4.93. The van der Waals surface area contributed by atoms with Gasteiger partial charge in [0.2, 0.25) is 0 Å². The lowest BCUT2D eigenvalue weighted by molar-refractivity contribution is 0.681. The van der Waals surface area contributed by atoms with Crippen LogP contribution in [0.25, 0.3) is 4.96 Å². The van der Waals surface area contributed by atoms with Gasteiger partial charge in [-0.25, -0.2) is 4.98 Å². The van der Waals surface area contributed by atoms with Crippen LogP contribution in [0.15, 0.2) is 17.8 Å². The molecule has 0 aromatic carbocycles. The van der Waals surface area contributed by atoms with E-state index < -0.39 is 0 Å². The summed E-state index contributed by atoms with van der Waals surface area (Å²) in [7, 11) is 0. The van der Waals surface area contributed by atoms with E-state index in [9.17, 15) is 0 Å². The van der Waals surface area contributed by atoms with Gasteiger partial charge in [0.15, 0.2) is 4.96 Å². The smallest absolute Gasteiger partial charge is 0.193 e. The first-order valence-electron chi connectivity index (χ1n) is 3.99. The van der Waals surface area contributed by atoms with Crippen LogP contribution in [0.5, 0.6) is 0 Å². The number of nitrogens with two attached hydrogens (primary N) is 1. The fourth-order valence-electron chi connectivity index (χ4n) is 1.13. The number of fused-ring (bicyclic) bond motifs is 1. The van der Waals surface area contributed by atoms with Crippen LogP contribution in [0.4, 0.5) is 0 Å². The number of nitrogens with zero attached hydrogens (tertiary/aromatic N) is 2. The predicted octanol–water partition coefficient (Wildman–Crippen LogP) is 2.65. The van der Waals surface area contributed by atoms with Crippen LogP contribution < -0.4 is 5.73 Å². The lowest BCUT2D eigenvalue weighted by atomic mass is 10.2. The van der Waals surface area contributed by atoms with E-state index in [4.69, 9.17) is 5.73 Å². The van der Waals surface area contributed by atoms with Crippen LogP contribution in [0.2, 0.25) is 0 Å². The van der Waals surface area contributed by atoms with Gasteiger partial charge >= 0.3 is 0 Å². The Labute approximate surface area is 99.2 Å². The average molecular weight is 254 g/mol. The van der Waals surface area contributed by atoms with Crippen LogP contribution in [-0.2, 0) is 0 Å². The van der Waals surface area contributed by atoms with Gasteiger partial charge in [0.05, 0.1) is 5.69 Å². The van der Waals surface area contributed by atoms with Crippen molar-refractivity contribution >= 4 is 41.1 Å². The van der Waals surface area contributed by atoms with Gasteiger partial charge in [-0.05, 0) is 6.42 Å². The highest BCUT2D eigenvalue weighted by Crippen LogP contribution is 2.16. The van der Waals surface area contributed by atoms with Crippen molar-refractivity contribution in [3.63, 3.8) is 0 Å². The Morgan fingerprint density at radius 3 is 2.86 bits per heavy atom. The van der Waals surface area contributed by atoms with Crippen LogP contribution in [0.1, 0.15) is 25.1 Å². The largest absolute Gasteiger partial charge is 0.323 e. The zero-order valence-corrected chi connectivity index (χ0v) is 10.2. The Morgan fingerprint density at radius 2 is 2.29 bits per heavy atom. The molecular formula is C8H13Cl2N3S. The lowest BCUT2D eigenvalue weighted by Crippen LogP contribution is -2.08. The van der Waals surface area contributed by atoms with Crippen molar-refractivity contribution < 1.29 is 0 Å². The van der Waals surface area contributed by atoms with E-state index >= 15 is 0 Å². The van der Waals surface area contributed by atoms with Crippen molar-refractivity contribution in [3.05, 3.63) is 23.5 Å². The van der Waals surface area contributed by atoms with Crippen LogP contribution in [0, 0.1) is 0 Å². The fraction of sp³-hybridized carbons (Fsp3) is 0.375. The monoisotopic (exact) mass is 253 g/mol. The van der Waals surface area contributed by atoms with Gasteiger partial charge in [-0.3, -0.25) is 4.40 Å². The van der Waals surface area contributed by atoms with Crippen LogP contribution in [0.3, 0.4) is 0 Å². The lowest BCUT2D eigenvalue weighted by Gasteiger charge is -2.01. The molecule has 0 saturated heterocycles. The molecular weight excluding hydrogens is 241 g/mol. The Hall–Kier alpha value is -0.290. The van der Waals surface area contributed by atoms with Crippen molar-refractivity contribution in [1.29, 1.82) is 0 Å². The molecule has 1 atom stereocenters. The molecule has 2 N–H and O–H groups in total. The molecule has 2 aromatic rings. The fourth-order valence-corrected chi connectivity index (χ4v) is 1.84. The Kier molecular flexibility index (Phi) is 5.44. The summed E-state index contributed by atoms with van der Waals surface area (Å²) in [6, 6.07) is 0.0806. The molecule has 0 aliphatic carbocycles. The standard InChI is InChI=1S/C8H11N3S.2ClH/c1-2-6(9)7-5-11-3-4-12-8(11)10-7;;/h3-6H,2,9H2,1H3;2*1H. The van der Waals surface area contributed by atoms with Gasteiger partial charge in [-0.2, -0.15) is 0 Å². The maximum Gasteiger partial charge on any atom is 0.193 e. The SMILES string of the molecule is CCC(N)c1cn2ccsc2n1.Cl.Cl. The summed E-state index contributed by atoms with van der Waals surface area (Å²) >= 11 is 1.63. The molecule has 0 aliphatic heterocycles. The summed E-state index contributed by atoms with van der Waals surface area (Å²) in [6.45, 7) is 2.07. The second-order valence-corrected chi connectivity index (χ2v) is 3.65. The highest BCUT2D eigenvalue weighted by molar-refractivity contribution is 7.15. The third-order valence-corrected chi connectivity index (χ3v) is 2.70. The molecule has 3 nitrogen and oxygen atoms in total. The van der Waals surface area contributed by atoms with Crippen LogP contribution >= 0.6 is 36.2 Å². The van der Waals surface area contributed by atoms with E-state index in [-0.39, 0.29) is 30.9 Å². The third-order valence-electron chi connectivity index (χ3n) is 1.93. The number of hydrogen-bond donors (Lipinski definition) is 1. The van der Waals surface area contributed by atoms with Gasteiger partial charge in [0, 0.05) is 23.8 Å². The summed E-state index contributed by atoms with van der Waals surface area (Å²) < 4.78 is 2.01. The normalized spacial score (nSPS) is 11.9. The molecule has 14 heavy (non-hydrogen) atoms. The van der Waals surface area contributed by atoms with E-state index in [2.05, 4.69) is 11.9 Å². The maximum atomic E-state index is 5.85. The minimum Gasteiger partial charge on any atom is -0.323 e. The molecule has 0 saturated carbocycles. The molecule has 0 fully saturated rings. The molecule has 0 amide bonds.